The van der Waals surface area contributed by atoms with Crippen molar-refractivity contribution in [2.24, 2.45) is 17.6 Å². The van der Waals surface area contributed by atoms with Crippen molar-refractivity contribution in [2.75, 3.05) is 26.8 Å². The first-order valence-corrected chi connectivity index (χ1v) is 17.0. The predicted molar refractivity (Wildman–Crippen MR) is 145 cm³/mol. The predicted octanol–water partition coefficient (Wildman–Crippen LogP) is 3.32. The van der Waals surface area contributed by atoms with Crippen LogP contribution in [0.25, 0.3) is 11.0 Å². The molecule has 1 saturated carbocycles. The lowest BCUT2D eigenvalue weighted by Crippen LogP contribution is -2.49. The molecular weight excluding hydrogens is 472 g/mol. The molecule has 5 atom stereocenters. The zero-order valence-electron chi connectivity index (χ0n) is 22.3. The minimum absolute atomic E-state index is 0.0608. The van der Waals surface area contributed by atoms with Gasteiger partial charge in [-0.3, -0.25) is 4.79 Å². The number of carbonyl (C=O) groups excluding carboxylic acids is 1. The van der Waals surface area contributed by atoms with Gasteiger partial charge in [-0.05, 0) is 51.0 Å². The Labute approximate surface area is 216 Å². The number of ether oxygens (including phenoxy) is 1. The van der Waals surface area contributed by atoms with Gasteiger partial charge in [0.05, 0.1) is 17.1 Å². The molecule has 1 aliphatic carbocycles. The van der Waals surface area contributed by atoms with Gasteiger partial charge in [0.25, 0.3) is 0 Å². The number of benzene rings is 1. The minimum atomic E-state index is -1.67. The lowest BCUT2D eigenvalue weighted by atomic mass is 9.73. The topological polar surface area (TPSA) is 109 Å². The zero-order valence-corrected chi connectivity index (χ0v) is 23.3. The van der Waals surface area contributed by atoms with Crippen molar-refractivity contribution in [3.63, 3.8) is 0 Å². The molecule has 4 N–H and O–H groups in total. The van der Waals surface area contributed by atoms with Gasteiger partial charge in [-0.15, -0.1) is 0 Å². The number of furan rings is 1. The number of aliphatic hydroxyl groups is 2. The van der Waals surface area contributed by atoms with Crippen molar-refractivity contribution in [3.8, 4) is 0 Å². The Bertz CT molecular complexity index is 1040. The molecule has 1 saturated heterocycles. The maximum absolute atomic E-state index is 13.4. The monoisotopic (exact) mass is 516 g/mol. The molecule has 1 aromatic heterocycles. The normalized spacial score (nSPS) is 26.9. The highest BCUT2D eigenvalue weighted by atomic mass is 28.3. The SMILES string of the molecule is COCCCC[C@@](O)(c1cccc2cc([Si](C)(C)C)oc12)[C@@H]1CCCN(C(=O)[C@H]2C[C@@H](N)[C@@H](O)C2)C1. The van der Waals surface area contributed by atoms with E-state index in [1.54, 1.807) is 7.11 Å². The molecule has 2 aromatic rings. The Morgan fingerprint density at radius 2 is 2.06 bits per heavy atom. The first-order chi connectivity index (χ1) is 17.0. The average Bonchev–Trinajstić information content (AvgIpc) is 3.44. The van der Waals surface area contributed by atoms with Gasteiger partial charge in [-0.1, -0.05) is 37.8 Å². The van der Waals surface area contributed by atoms with Gasteiger partial charge >= 0.3 is 0 Å². The van der Waals surface area contributed by atoms with Gasteiger partial charge in [-0.2, -0.15) is 0 Å². The molecule has 1 aromatic carbocycles. The van der Waals surface area contributed by atoms with E-state index in [1.807, 2.05) is 17.0 Å². The fraction of sp³-hybridized carbons (Fsp3) is 0.679. The molecule has 2 fully saturated rings. The molecule has 1 aliphatic heterocycles. The van der Waals surface area contributed by atoms with E-state index in [4.69, 9.17) is 14.9 Å². The summed E-state index contributed by atoms with van der Waals surface area (Å²) < 4.78 is 11.7. The summed E-state index contributed by atoms with van der Waals surface area (Å²) in [6.07, 6.45) is 4.27. The summed E-state index contributed by atoms with van der Waals surface area (Å²) in [5.41, 5.74) is 6.48. The van der Waals surface area contributed by atoms with Crippen LogP contribution < -0.4 is 11.1 Å². The number of nitrogens with two attached hydrogens (primary N) is 1. The van der Waals surface area contributed by atoms with Crippen molar-refractivity contribution >= 4 is 30.3 Å². The van der Waals surface area contributed by atoms with Gasteiger partial charge in [0.15, 0.2) is 0 Å². The van der Waals surface area contributed by atoms with Gasteiger partial charge in [0.1, 0.15) is 13.7 Å². The van der Waals surface area contributed by atoms with Gasteiger partial charge in [0.2, 0.25) is 5.91 Å². The first-order valence-electron chi connectivity index (χ1n) is 13.5. The van der Waals surface area contributed by atoms with E-state index in [2.05, 4.69) is 31.8 Å². The second-order valence-corrected chi connectivity index (χ2v) is 17.0. The van der Waals surface area contributed by atoms with Gasteiger partial charge < -0.3 is 30.0 Å². The molecule has 1 amide bonds. The lowest BCUT2D eigenvalue weighted by molar-refractivity contribution is -0.141. The van der Waals surface area contributed by atoms with Crippen LogP contribution in [0.2, 0.25) is 19.6 Å². The highest BCUT2D eigenvalue weighted by Crippen LogP contribution is 2.43. The van der Waals surface area contributed by atoms with Crippen LogP contribution in [0, 0.1) is 11.8 Å². The third-order valence-corrected chi connectivity index (χ3v) is 9.97. The van der Waals surface area contributed by atoms with Crippen LogP contribution in [0.3, 0.4) is 0 Å². The van der Waals surface area contributed by atoms with Crippen molar-refractivity contribution < 1.29 is 24.2 Å². The molecule has 0 spiro atoms. The number of unbranched alkanes of at least 4 members (excludes halogenated alkanes) is 1. The van der Waals surface area contributed by atoms with Crippen LogP contribution in [-0.4, -0.2) is 68.0 Å². The number of fused-ring (bicyclic) bond motifs is 1. The van der Waals surface area contributed by atoms with E-state index in [-0.39, 0.29) is 23.8 Å². The van der Waals surface area contributed by atoms with E-state index < -0.39 is 19.8 Å². The van der Waals surface area contributed by atoms with E-state index in [1.165, 1.54) is 0 Å². The Morgan fingerprint density at radius 1 is 1.28 bits per heavy atom. The smallest absolute Gasteiger partial charge is 0.225 e. The number of nitrogens with zero attached hydrogens (tertiary/aromatic N) is 1. The Morgan fingerprint density at radius 3 is 2.72 bits per heavy atom. The molecular formula is C28H44N2O5Si. The molecule has 2 aliphatic rings. The third kappa shape index (κ3) is 5.58. The second kappa shape index (κ2) is 11.0. The lowest BCUT2D eigenvalue weighted by Gasteiger charge is -2.43. The maximum atomic E-state index is 13.4. The number of para-hydroxylation sites is 1. The summed E-state index contributed by atoms with van der Waals surface area (Å²) in [6.45, 7) is 8.62. The quantitative estimate of drug-likeness (QED) is 0.348. The molecule has 7 nitrogen and oxygen atoms in total. The number of piperidine rings is 1. The Kier molecular flexibility index (Phi) is 8.31. The maximum Gasteiger partial charge on any atom is 0.225 e. The summed E-state index contributed by atoms with van der Waals surface area (Å²) in [4.78, 5) is 15.3. The summed E-state index contributed by atoms with van der Waals surface area (Å²) >= 11 is 0. The number of aliphatic hydroxyl groups excluding tert-OH is 1. The summed E-state index contributed by atoms with van der Waals surface area (Å²) in [5, 5.41) is 24.6. The number of hydrogen-bond acceptors (Lipinski definition) is 6. The standard InChI is InChI=1S/C28H44N2O5Si/c1-34-14-6-5-12-28(33,22-11-7-9-19-17-25(35-26(19)22)36(2,3)4)21-10-8-13-30(18-21)27(32)20-15-23(29)24(31)16-20/h7,9,11,17,20-21,23-24,31,33H,5-6,8,10,12-16,18,29H2,1-4H3/t20-,21+,23+,24-,28-/m0/s1. The zero-order chi connectivity index (χ0) is 26.1. The van der Waals surface area contributed by atoms with Gasteiger partial charge in [-0.25, -0.2) is 0 Å². The number of hydrogen-bond donors (Lipinski definition) is 3. The van der Waals surface area contributed by atoms with Crippen molar-refractivity contribution in [1.29, 1.82) is 0 Å². The summed E-state index contributed by atoms with van der Waals surface area (Å²) in [7, 11) is 0.0237. The van der Waals surface area contributed by atoms with E-state index in [9.17, 15) is 15.0 Å². The highest BCUT2D eigenvalue weighted by molar-refractivity contribution is 6.87. The van der Waals surface area contributed by atoms with Crippen LogP contribution in [0.1, 0.15) is 50.5 Å². The number of carbonyl (C=O) groups is 1. The summed E-state index contributed by atoms with van der Waals surface area (Å²) in [6, 6.07) is 7.87. The fourth-order valence-corrected chi connectivity index (χ4v) is 7.05. The van der Waals surface area contributed by atoms with E-state index in [0.29, 0.717) is 39.0 Å². The Balaban J connectivity index is 1.65. The Hall–Kier alpha value is -1.71. The van der Waals surface area contributed by atoms with Crippen LogP contribution >= 0.6 is 0 Å². The van der Waals surface area contributed by atoms with Gasteiger partial charge in [0, 0.05) is 55.6 Å². The molecule has 0 unspecified atom stereocenters. The van der Waals surface area contributed by atoms with Crippen molar-refractivity contribution in [3.05, 3.63) is 29.8 Å². The van der Waals surface area contributed by atoms with Crippen LogP contribution in [0.4, 0.5) is 0 Å². The molecule has 0 radical (unpaired) electrons. The van der Waals surface area contributed by atoms with Crippen LogP contribution in [0.15, 0.2) is 28.7 Å². The molecule has 0 bridgehead atoms. The summed E-state index contributed by atoms with van der Waals surface area (Å²) in [5.74, 6) is -0.286. The minimum Gasteiger partial charge on any atom is -0.466 e. The largest absolute Gasteiger partial charge is 0.466 e. The molecule has 2 heterocycles. The number of likely N-dealkylation sites (tertiary alicyclic amines) is 1. The molecule has 8 heteroatoms. The first kappa shape index (κ1) is 27.3. The third-order valence-electron chi connectivity index (χ3n) is 8.24. The number of rotatable bonds is 9. The second-order valence-electron chi connectivity index (χ2n) is 12.0. The molecule has 4 rings (SSSR count). The van der Waals surface area contributed by atoms with Crippen LogP contribution in [-0.2, 0) is 15.1 Å². The number of methoxy groups -OCH3 is 1. The van der Waals surface area contributed by atoms with E-state index >= 15 is 0 Å². The molecule has 200 valence electrons. The van der Waals surface area contributed by atoms with E-state index in [0.717, 1.165) is 47.6 Å². The van der Waals surface area contributed by atoms with Crippen molar-refractivity contribution in [2.45, 2.75) is 82.3 Å². The average molecular weight is 517 g/mol. The highest BCUT2D eigenvalue weighted by Gasteiger charge is 2.45. The number of amides is 1. The van der Waals surface area contributed by atoms with Crippen molar-refractivity contribution in [1.82, 2.24) is 4.90 Å². The molecule has 36 heavy (non-hydrogen) atoms. The van der Waals surface area contributed by atoms with Crippen LogP contribution in [0.5, 0.6) is 0 Å². The fourth-order valence-electron chi connectivity index (χ4n) is 6.05.